The molecule has 0 bridgehead atoms. The molecule has 2 atom stereocenters. The fourth-order valence-electron chi connectivity index (χ4n) is 3.77. The summed E-state index contributed by atoms with van der Waals surface area (Å²) in [4.78, 5) is 13.2. The average Bonchev–Trinajstić information content (AvgIpc) is 3.09. The first-order valence-electron chi connectivity index (χ1n) is 9.03. The van der Waals surface area contributed by atoms with Gasteiger partial charge in [-0.2, -0.15) is 18.4 Å². The summed E-state index contributed by atoms with van der Waals surface area (Å²) in [6.45, 7) is -0.362. The molecule has 0 aliphatic carbocycles. The van der Waals surface area contributed by atoms with Gasteiger partial charge in [0.25, 0.3) is 0 Å². The lowest BCUT2D eigenvalue weighted by atomic mass is 9.83. The highest BCUT2D eigenvalue weighted by molar-refractivity contribution is 5.68. The number of nitriles is 1. The van der Waals surface area contributed by atoms with Crippen molar-refractivity contribution in [1.82, 2.24) is 4.90 Å². The van der Waals surface area contributed by atoms with E-state index in [1.54, 1.807) is 6.07 Å². The summed E-state index contributed by atoms with van der Waals surface area (Å²) in [5.41, 5.74) is 1.18. The van der Waals surface area contributed by atoms with Crippen LogP contribution in [0.1, 0.15) is 36.3 Å². The van der Waals surface area contributed by atoms with Crippen LogP contribution >= 0.6 is 0 Å². The first-order chi connectivity index (χ1) is 13.3. The molecule has 0 aromatic heterocycles. The van der Waals surface area contributed by atoms with Crippen LogP contribution in [0.15, 0.2) is 24.3 Å². The van der Waals surface area contributed by atoms with Gasteiger partial charge in [0, 0.05) is 19.0 Å². The van der Waals surface area contributed by atoms with Crippen LogP contribution in [-0.2, 0) is 9.47 Å². The molecule has 9 heteroatoms. The molecule has 3 rings (SSSR count). The SMILES string of the molecule is N#Cc1cccc([C@@H]2COC3(CCN(C(=O)OC(CO)C(F)(F)F)CC3)C2)c1. The van der Waals surface area contributed by atoms with E-state index in [2.05, 4.69) is 10.8 Å². The third-order valence-electron chi connectivity index (χ3n) is 5.40. The number of hydrogen-bond acceptors (Lipinski definition) is 5. The van der Waals surface area contributed by atoms with Crippen molar-refractivity contribution in [2.45, 2.75) is 43.1 Å². The molecule has 1 aromatic carbocycles. The number of benzene rings is 1. The number of nitrogens with zero attached hydrogens (tertiary/aromatic N) is 2. The maximum absolute atomic E-state index is 12.7. The van der Waals surface area contributed by atoms with Gasteiger partial charge >= 0.3 is 12.3 Å². The smallest absolute Gasteiger partial charge is 0.427 e. The van der Waals surface area contributed by atoms with Crippen molar-refractivity contribution < 1.29 is 32.5 Å². The Morgan fingerprint density at radius 2 is 2.14 bits per heavy atom. The van der Waals surface area contributed by atoms with Gasteiger partial charge in [-0.15, -0.1) is 0 Å². The van der Waals surface area contributed by atoms with Crippen LogP contribution in [-0.4, -0.2) is 60.3 Å². The minimum atomic E-state index is -4.80. The standard InChI is InChI=1S/C19H21F3N2O4/c20-19(21,22)16(11-25)28-17(26)24-6-4-18(5-7-24)9-15(12-27-18)14-3-1-2-13(8-14)10-23/h1-3,8,15-16,25H,4-7,9,11-12H2/t15-,16?/m0/s1. The normalized spacial score (nSPS) is 22.7. The van der Waals surface area contributed by atoms with Gasteiger partial charge in [-0.3, -0.25) is 0 Å². The molecular weight excluding hydrogens is 377 g/mol. The third-order valence-corrected chi connectivity index (χ3v) is 5.40. The predicted octanol–water partition coefficient (Wildman–Crippen LogP) is 2.96. The number of hydrogen-bond donors (Lipinski definition) is 1. The highest BCUT2D eigenvalue weighted by Gasteiger charge is 2.46. The number of aliphatic hydroxyl groups excluding tert-OH is 1. The van der Waals surface area contributed by atoms with Crippen LogP contribution < -0.4 is 0 Å². The van der Waals surface area contributed by atoms with E-state index in [1.165, 1.54) is 4.90 Å². The Hall–Kier alpha value is -2.31. The number of ether oxygens (including phenoxy) is 2. The number of carbonyl (C=O) groups excluding carboxylic acids is 1. The number of piperidine rings is 1. The number of carbonyl (C=O) groups is 1. The lowest BCUT2D eigenvalue weighted by Crippen LogP contribution is -2.48. The molecule has 2 saturated heterocycles. The second kappa shape index (κ2) is 7.97. The molecule has 1 amide bonds. The number of alkyl halides is 3. The molecule has 1 aromatic rings. The number of likely N-dealkylation sites (tertiary alicyclic amines) is 1. The molecule has 6 nitrogen and oxygen atoms in total. The highest BCUT2D eigenvalue weighted by atomic mass is 19.4. The van der Waals surface area contributed by atoms with Crippen molar-refractivity contribution in [1.29, 1.82) is 5.26 Å². The van der Waals surface area contributed by atoms with Crippen LogP contribution in [0.5, 0.6) is 0 Å². The van der Waals surface area contributed by atoms with Crippen molar-refractivity contribution in [3.05, 3.63) is 35.4 Å². The molecule has 2 heterocycles. The summed E-state index contributed by atoms with van der Waals surface area (Å²) in [6.07, 6.45) is -6.69. The Balaban J connectivity index is 1.56. The van der Waals surface area contributed by atoms with Crippen LogP contribution in [0.3, 0.4) is 0 Å². The van der Waals surface area contributed by atoms with Crippen LogP contribution in [0.4, 0.5) is 18.0 Å². The summed E-state index contributed by atoms with van der Waals surface area (Å²) < 4.78 is 48.4. The first-order valence-corrected chi connectivity index (χ1v) is 9.03. The number of aliphatic hydroxyl groups is 1. The molecular formula is C19H21F3N2O4. The Morgan fingerprint density at radius 1 is 1.43 bits per heavy atom. The van der Waals surface area contributed by atoms with Crippen molar-refractivity contribution in [2.24, 2.45) is 0 Å². The molecule has 152 valence electrons. The zero-order chi connectivity index (χ0) is 20.4. The molecule has 1 spiro atoms. The van der Waals surface area contributed by atoms with Crippen molar-refractivity contribution in [2.75, 3.05) is 26.3 Å². The fraction of sp³-hybridized carbons (Fsp3) is 0.579. The van der Waals surface area contributed by atoms with E-state index in [9.17, 15) is 18.0 Å². The van der Waals surface area contributed by atoms with Crippen molar-refractivity contribution in [3.8, 4) is 6.07 Å². The van der Waals surface area contributed by atoms with E-state index < -0.39 is 30.6 Å². The minimum Gasteiger partial charge on any atom is -0.434 e. The second-order valence-corrected chi connectivity index (χ2v) is 7.22. The third kappa shape index (κ3) is 4.39. The predicted molar refractivity (Wildman–Crippen MR) is 91.4 cm³/mol. The summed E-state index contributed by atoms with van der Waals surface area (Å²) >= 11 is 0. The average molecular weight is 398 g/mol. The molecule has 0 radical (unpaired) electrons. The number of amides is 1. The number of halogens is 3. The maximum atomic E-state index is 12.7. The topological polar surface area (TPSA) is 82.8 Å². The Kier molecular flexibility index (Phi) is 5.82. The van der Waals surface area contributed by atoms with Crippen LogP contribution in [0.2, 0.25) is 0 Å². The minimum absolute atomic E-state index is 0.135. The van der Waals surface area contributed by atoms with Gasteiger partial charge in [0.1, 0.15) is 0 Å². The van der Waals surface area contributed by atoms with E-state index in [1.807, 2.05) is 18.2 Å². The maximum Gasteiger partial charge on any atom is 0.427 e. The van der Waals surface area contributed by atoms with Gasteiger partial charge in [0.2, 0.25) is 6.10 Å². The van der Waals surface area contributed by atoms with Gasteiger partial charge in [-0.25, -0.2) is 4.79 Å². The van der Waals surface area contributed by atoms with Gasteiger partial charge < -0.3 is 19.5 Å². The second-order valence-electron chi connectivity index (χ2n) is 7.22. The zero-order valence-corrected chi connectivity index (χ0v) is 15.1. The molecule has 2 fully saturated rings. The van der Waals surface area contributed by atoms with E-state index in [0.29, 0.717) is 25.0 Å². The monoisotopic (exact) mass is 398 g/mol. The molecule has 1 N–H and O–H groups in total. The summed E-state index contributed by atoms with van der Waals surface area (Å²) in [5, 5.41) is 17.8. The quantitative estimate of drug-likeness (QED) is 0.847. The van der Waals surface area contributed by atoms with E-state index in [0.717, 1.165) is 12.0 Å². The number of rotatable bonds is 3. The Labute approximate surface area is 160 Å². The molecule has 1 unspecified atom stereocenters. The van der Waals surface area contributed by atoms with E-state index >= 15 is 0 Å². The Morgan fingerprint density at radius 3 is 2.75 bits per heavy atom. The molecule has 0 saturated carbocycles. The fourth-order valence-corrected chi connectivity index (χ4v) is 3.77. The summed E-state index contributed by atoms with van der Waals surface area (Å²) in [5.74, 6) is 0.135. The highest BCUT2D eigenvalue weighted by Crippen LogP contribution is 2.43. The van der Waals surface area contributed by atoms with E-state index in [-0.39, 0.29) is 19.0 Å². The molecule has 2 aliphatic heterocycles. The van der Waals surface area contributed by atoms with Crippen molar-refractivity contribution in [3.63, 3.8) is 0 Å². The van der Waals surface area contributed by atoms with E-state index in [4.69, 9.17) is 15.1 Å². The summed E-state index contributed by atoms with van der Waals surface area (Å²) in [6, 6.07) is 9.47. The zero-order valence-electron chi connectivity index (χ0n) is 15.1. The van der Waals surface area contributed by atoms with Gasteiger partial charge in [-0.05, 0) is 37.0 Å². The lowest BCUT2D eigenvalue weighted by molar-refractivity contribution is -0.215. The largest absolute Gasteiger partial charge is 0.434 e. The van der Waals surface area contributed by atoms with Crippen LogP contribution in [0.25, 0.3) is 0 Å². The lowest BCUT2D eigenvalue weighted by Gasteiger charge is -2.38. The molecule has 28 heavy (non-hydrogen) atoms. The molecule has 2 aliphatic rings. The van der Waals surface area contributed by atoms with Gasteiger partial charge in [-0.1, -0.05) is 12.1 Å². The van der Waals surface area contributed by atoms with Crippen molar-refractivity contribution >= 4 is 6.09 Å². The summed E-state index contributed by atoms with van der Waals surface area (Å²) in [7, 11) is 0. The van der Waals surface area contributed by atoms with Gasteiger partial charge in [0.15, 0.2) is 0 Å². The van der Waals surface area contributed by atoms with Crippen LogP contribution in [0, 0.1) is 11.3 Å². The Bertz CT molecular complexity index is 754. The first kappa shape index (κ1) is 20.4. The van der Waals surface area contributed by atoms with Gasteiger partial charge in [0.05, 0.1) is 30.4 Å².